The van der Waals surface area contributed by atoms with Gasteiger partial charge in [0.2, 0.25) is 0 Å². The number of aliphatic hydroxyl groups is 1. The molecule has 0 saturated heterocycles. The minimum absolute atomic E-state index is 0.0470. The third kappa shape index (κ3) is 1.26. The molecule has 1 aromatic heterocycles. The second kappa shape index (κ2) is 3.12. The van der Waals surface area contributed by atoms with E-state index in [1.165, 1.54) is 0 Å². The van der Waals surface area contributed by atoms with Crippen LogP contribution in [0.1, 0.15) is 5.56 Å². The van der Waals surface area contributed by atoms with E-state index in [2.05, 4.69) is 21.0 Å². The molecular weight excluding hydrogens is 232 g/mol. The molecule has 2 rings (SSSR count). The van der Waals surface area contributed by atoms with E-state index in [1.54, 1.807) is 10.9 Å². The highest BCUT2D eigenvalue weighted by atomic mass is 79.9. The van der Waals surface area contributed by atoms with Crippen molar-refractivity contribution in [1.29, 1.82) is 0 Å². The van der Waals surface area contributed by atoms with Crippen molar-refractivity contribution in [3.63, 3.8) is 0 Å². The van der Waals surface area contributed by atoms with Crippen molar-refractivity contribution < 1.29 is 5.11 Å². The molecule has 4 heteroatoms. The van der Waals surface area contributed by atoms with Crippen molar-refractivity contribution in [2.24, 2.45) is 7.05 Å². The van der Waals surface area contributed by atoms with Gasteiger partial charge < -0.3 is 5.11 Å². The minimum Gasteiger partial charge on any atom is -0.392 e. The van der Waals surface area contributed by atoms with Crippen LogP contribution in [0.3, 0.4) is 0 Å². The Morgan fingerprint density at radius 3 is 3.00 bits per heavy atom. The highest BCUT2D eigenvalue weighted by molar-refractivity contribution is 9.10. The van der Waals surface area contributed by atoms with Gasteiger partial charge in [0.05, 0.1) is 18.3 Å². The van der Waals surface area contributed by atoms with Gasteiger partial charge in [0.25, 0.3) is 0 Å². The maximum atomic E-state index is 9.03. The number of benzene rings is 1. The van der Waals surface area contributed by atoms with Crippen molar-refractivity contribution in [1.82, 2.24) is 9.78 Å². The van der Waals surface area contributed by atoms with Crippen LogP contribution in [0.5, 0.6) is 0 Å². The summed E-state index contributed by atoms with van der Waals surface area (Å²) in [5.41, 5.74) is 1.95. The SMILES string of the molecule is Cn1ncc2c(Br)c(CO)ccc21. The molecule has 3 nitrogen and oxygen atoms in total. The van der Waals surface area contributed by atoms with E-state index in [4.69, 9.17) is 5.11 Å². The molecule has 68 valence electrons. The molecule has 0 aliphatic carbocycles. The van der Waals surface area contributed by atoms with Gasteiger partial charge in [-0.2, -0.15) is 5.10 Å². The van der Waals surface area contributed by atoms with Gasteiger partial charge in [0.15, 0.2) is 0 Å². The van der Waals surface area contributed by atoms with Gasteiger partial charge in [-0.15, -0.1) is 0 Å². The zero-order valence-electron chi connectivity index (χ0n) is 7.16. The summed E-state index contributed by atoms with van der Waals surface area (Å²) >= 11 is 3.44. The second-order valence-electron chi connectivity index (χ2n) is 2.90. The summed E-state index contributed by atoms with van der Waals surface area (Å²) in [6.45, 7) is 0.0470. The molecule has 0 spiro atoms. The largest absolute Gasteiger partial charge is 0.392 e. The maximum absolute atomic E-state index is 9.03. The smallest absolute Gasteiger partial charge is 0.0693 e. The van der Waals surface area contributed by atoms with Gasteiger partial charge in [0.1, 0.15) is 0 Å². The molecule has 0 bridgehead atoms. The molecule has 2 aromatic rings. The Kier molecular flexibility index (Phi) is 2.09. The third-order valence-electron chi connectivity index (χ3n) is 2.12. The third-order valence-corrected chi connectivity index (χ3v) is 3.05. The van der Waals surface area contributed by atoms with Crippen LogP contribution in [0.25, 0.3) is 10.9 Å². The normalized spacial score (nSPS) is 11.0. The molecule has 0 aliphatic heterocycles. The lowest BCUT2D eigenvalue weighted by molar-refractivity contribution is 0.281. The van der Waals surface area contributed by atoms with Crippen LogP contribution in [0, 0.1) is 0 Å². The predicted molar refractivity (Wildman–Crippen MR) is 54.3 cm³/mol. The number of nitrogens with zero attached hydrogens (tertiary/aromatic N) is 2. The van der Waals surface area contributed by atoms with E-state index in [9.17, 15) is 0 Å². The fourth-order valence-electron chi connectivity index (χ4n) is 1.36. The highest BCUT2D eigenvalue weighted by Crippen LogP contribution is 2.27. The number of hydrogen-bond donors (Lipinski definition) is 1. The first-order valence-corrected chi connectivity index (χ1v) is 4.73. The number of aryl methyl sites for hydroxylation is 1. The van der Waals surface area contributed by atoms with Crippen LogP contribution in [-0.2, 0) is 13.7 Å². The van der Waals surface area contributed by atoms with Crippen molar-refractivity contribution in [2.75, 3.05) is 0 Å². The van der Waals surface area contributed by atoms with E-state index in [0.717, 1.165) is 20.9 Å². The summed E-state index contributed by atoms with van der Waals surface area (Å²) in [6, 6.07) is 3.85. The quantitative estimate of drug-likeness (QED) is 0.827. The van der Waals surface area contributed by atoms with Gasteiger partial charge in [-0.25, -0.2) is 0 Å². The molecule has 0 fully saturated rings. The summed E-state index contributed by atoms with van der Waals surface area (Å²) in [4.78, 5) is 0. The maximum Gasteiger partial charge on any atom is 0.0693 e. The van der Waals surface area contributed by atoms with Crippen molar-refractivity contribution >= 4 is 26.8 Å². The molecule has 0 amide bonds. The molecule has 0 aliphatic rings. The van der Waals surface area contributed by atoms with Gasteiger partial charge in [0, 0.05) is 16.9 Å². The van der Waals surface area contributed by atoms with Crippen LogP contribution in [0.4, 0.5) is 0 Å². The standard InChI is InChI=1S/C9H9BrN2O/c1-12-8-3-2-6(5-13)9(10)7(8)4-11-12/h2-4,13H,5H2,1H3. The summed E-state index contributed by atoms with van der Waals surface area (Å²) in [6.07, 6.45) is 1.79. The number of fused-ring (bicyclic) bond motifs is 1. The summed E-state index contributed by atoms with van der Waals surface area (Å²) in [5, 5.41) is 14.2. The van der Waals surface area contributed by atoms with E-state index in [0.29, 0.717) is 0 Å². The lowest BCUT2D eigenvalue weighted by atomic mass is 10.2. The minimum atomic E-state index is 0.0470. The zero-order chi connectivity index (χ0) is 9.42. The molecular formula is C9H9BrN2O. The Labute approximate surface area is 84.1 Å². The molecule has 0 unspecified atom stereocenters. The summed E-state index contributed by atoms with van der Waals surface area (Å²) < 4.78 is 2.74. The molecule has 0 saturated carbocycles. The first-order chi connectivity index (χ1) is 6.24. The molecule has 0 radical (unpaired) electrons. The lowest BCUT2D eigenvalue weighted by Crippen LogP contribution is -1.90. The molecule has 1 heterocycles. The van der Waals surface area contributed by atoms with Gasteiger partial charge in [-0.3, -0.25) is 4.68 Å². The van der Waals surface area contributed by atoms with Crippen molar-refractivity contribution in [3.05, 3.63) is 28.4 Å². The molecule has 13 heavy (non-hydrogen) atoms. The van der Waals surface area contributed by atoms with Gasteiger partial charge >= 0.3 is 0 Å². The van der Waals surface area contributed by atoms with Crippen LogP contribution in [0.2, 0.25) is 0 Å². The number of hydrogen-bond acceptors (Lipinski definition) is 2. The van der Waals surface area contributed by atoms with E-state index < -0.39 is 0 Å². The fraction of sp³-hybridized carbons (Fsp3) is 0.222. The number of aliphatic hydroxyl groups excluding tert-OH is 1. The Morgan fingerprint density at radius 1 is 1.54 bits per heavy atom. The van der Waals surface area contributed by atoms with E-state index in [1.807, 2.05) is 19.2 Å². The lowest BCUT2D eigenvalue weighted by Gasteiger charge is -2.01. The average Bonchev–Trinajstić information content (AvgIpc) is 2.50. The van der Waals surface area contributed by atoms with Crippen LogP contribution < -0.4 is 0 Å². The summed E-state index contributed by atoms with van der Waals surface area (Å²) in [5.74, 6) is 0. The van der Waals surface area contributed by atoms with Crippen LogP contribution in [-0.4, -0.2) is 14.9 Å². The Bertz CT molecular complexity index is 450. The highest BCUT2D eigenvalue weighted by Gasteiger charge is 2.06. The summed E-state index contributed by atoms with van der Waals surface area (Å²) in [7, 11) is 1.90. The van der Waals surface area contributed by atoms with Crippen LogP contribution >= 0.6 is 15.9 Å². The fourth-order valence-corrected chi connectivity index (χ4v) is 1.92. The zero-order valence-corrected chi connectivity index (χ0v) is 8.74. The van der Waals surface area contributed by atoms with Gasteiger partial charge in [-0.05, 0) is 27.6 Å². The first kappa shape index (κ1) is 8.72. The number of rotatable bonds is 1. The monoisotopic (exact) mass is 240 g/mol. The van der Waals surface area contributed by atoms with Crippen molar-refractivity contribution in [3.8, 4) is 0 Å². The predicted octanol–water partition coefficient (Wildman–Crippen LogP) is 1.83. The molecule has 0 atom stereocenters. The van der Waals surface area contributed by atoms with Crippen molar-refractivity contribution in [2.45, 2.75) is 6.61 Å². The second-order valence-corrected chi connectivity index (χ2v) is 3.69. The van der Waals surface area contributed by atoms with E-state index in [-0.39, 0.29) is 6.61 Å². The Hall–Kier alpha value is -0.870. The Morgan fingerprint density at radius 2 is 2.31 bits per heavy atom. The van der Waals surface area contributed by atoms with Crippen LogP contribution in [0.15, 0.2) is 22.8 Å². The Balaban J connectivity index is 2.80. The topological polar surface area (TPSA) is 38.0 Å². The van der Waals surface area contributed by atoms with E-state index >= 15 is 0 Å². The first-order valence-electron chi connectivity index (χ1n) is 3.94. The number of halogens is 1. The van der Waals surface area contributed by atoms with Gasteiger partial charge in [-0.1, -0.05) is 6.07 Å². The molecule has 1 N–H and O–H groups in total. The average molecular weight is 241 g/mol. The molecule has 1 aromatic carbocycles. The number of aromatic nitrogens is 2.